The Balaban J connectivity index is 1.86. The van der Waals surface area contributed by atoms with E-state index in [4.69, 9.17) is 10.5 Å². The second-order valence-electron chi connectivity index (χ2n) is 9.45. The number of pyridine rings is 1. The summed E-state index contributed by atoms with van der Waals surface area (Å²) in [4.78, 5) is 52.2. The molecule has 1 amide bonds. The van der Waals surface area contributed by atoms with Gasteiger partial charge in [-0.05, 0) is 56.5 Å². The number of rotatable bonds is 7. The molecule has 196 valence electrons. The number of aryl methyl sites for hydroxylation is 2. The van der Waals surface area contributed by atoms with Gasteiger partial charge in [-0.15, -0.1) is 0 Å². The summed E-state index contributed by atoms with van der Waals surface area (Å²) in [5.41, 5.74) is 4.91. The fraction of sp³-hybridized carbons (Fsp3) is 0.259. The van der Waals surface area contributed by atoms with E-state index in [-0.39, 0.29) is 46.4 Å². The first-order valence-electron chi connectivity index (χ1n) is 12.0. The Morgan fingerprint density at radius 2 is 1.84 bits per heavy atom. The number of primary amides is 1. The van der Waals surface area contributed by atoms with Crippen molar-refractivity contribution in [1.82, 2.24) is 13.7 Å². The van der Waals surface area contributed by atoms with Gasteiger partial charge in [-0.2, -0.15) is 0 Å². The lowest BCUT2D eigenvalue weighted by Gasteiger charge is -2.21. The molecule has 0 atom stereocenters. The maximum atomic E-state index is 14.8. The number of benzene rings is 2. The highest BCUT2D eigenvalue weighted by Gasteiger charge is 2.31. The number of carbonyl (C=O) groups excluding carboxylic acids is 1. The first-order valence-corrected chi connectivity index (χ1v) is 12.0. The van der Waals surface area contributed by atoms with Crippen LogP contribution in [-0.4, -0.2) is 26.2 Å². The van der Waals surface area contributed by atoms with Crippen LogP contribution in [0.4, 0.5) is 15.9 Å². The van der Waals surface area contributed by atoms with Crippen LogP contribution in [0.25, 0.3) is 16.6 Å². The summed E-state index contributed by atoms with van der Waals surface area (Å²) >= 11 is 0. The van der Waals surface area contributed by atoms with Crippen molar-refractivity contribution in [2.24, 2.45) is 12.8 Å². The van der Waals surface area contributed by atoms with Gasteiger partial charge in [0, 0.05) is 24.7 Å². The molecule has 0 spiro atoms. The number of nitrogens with two attached hydrogens (primary N) is 1. The molecule has 0 radical (unpaired) electrons. The number of hydrogen-bond donors (Lipinski definition) is 2. The van der Waals surface area contributed by atoms with Crippen molar-refractivity contribution in [2.75, 3.05) is 11.9 Å². The predicted octanol–water partition coefficient (Wildman–Crippen LogP) is 2.55. The molecular formula is C27H26FN5O5. The van der Waals surface area contributed by atoms with Gasteiger partial charge >= 0.3 is 5.69 Å². The van der Waals surface area contributed by atoms with E-state index in [0.717, 1.165) is 0 Å². The average Bonchev–Trinajstić information content (AvgIpc) is 3.70. The van der Waals surface area contributed by atoms with Crippen LogP contribution in [-0.2, 0) is 11.8 Å². The summed E-state index contributed by atoms with van der Waals surface area (Å²) in [7, 11) is 1.48. The molecule has 10 nitrogen and oxygen atoms in total. The minimum Gasteiger partial charge on any atom is -0.484 e. The van der Waals surface area contributed by atoms with Gasteiger partial charge in [0.25, 0.3) is 17.0 Å². The van der Waals surface area contributed by atoms with Crippen LogP contribution in [0.3, 0.4) is 0 Å². The number of fused-ring (bicyclic) bond motifs is 1. The van der Waals surface area contributed by atoms with Gasteiger partial charge in [0.05, 0.1) is 16.9 Å². The highest BCUT2D eigenvalue weighted by molar-refractivity contribution is 5.93. The summed E-state index contributed by atoms with van der Waals surface area (Å²) in [6.07, 6.45) is 1.31. The van der Waals surface area contributed by atoms with Gasteiger partial charge in [0.2, 0.25) is 0 Å². The number of halogens is 1. The third-order valence-corrected chi connectivity index (χ3v) is 6.59. The minimum atomic E-state index is -0.668. The molecule has 5 rings (SSSR count). The van der Waals surface area contributed by atoms with E-state index < -0.39 is 28.5 Å². The number of aromatic nitrogens is 3. The topological polar surface area (TPSA) is 130 Å². The number of carbonyl (C=O) groups is 1. The molecule has 0 aliphatic heterocycles. The Labute approximate surface area is 215 Å². The van der Waals surface area contributed by atoms with Crippen molar-refractivity contribution in [3.05, 3.63) is 90.6 Å². The van der Waals surface area contributed by atoms with E-state index in [1.54, 1.807) is 31.2 Å². The molecule has 1 aliphatic rings. The molecule has 0 bridgehead atoms. The van der Waals surface area contributed by atoms with Crippen LogP contribution < -0.4 is 32.6 Å². The Morgan fingerprint density at radius 1 is 1.11 bits per heavy atom. The lowest BCUT2D eigenvalue weighted by atomic mass is 10.1. The summed E-state index contributed by atoms with van der Waals surface area (Å²) in [6, 6.07) is 10.6. The molecule has 11 heteroatoms. The van der Waals surface area contributed by atoms with Gasteiger partial charge in [-0.3, -0.25) is 28.1 Å². The van der Waals surface area contributed by atoms with E-state index in [9.17, 15) is 23.6 Å². The van der Waals surface area contributed by atoms with Gasteiger partial charge in [0.15, 0.2) is 6.61 Å². The van der Waals surface area contributed by atoms with Gasteiger partial charge in [0.1, 0.15) is 22.8 Å². The summed E-state index contributed by atoms with van der Waals surface area (Å²) < 4.78 is 23.9. The fourth-order valence-electron chi connectivity index (χ4n) is 4.57. The molecule has 38 heavy (non-hydrogen) atoms. The summed E-state index contributed by atoms with van der Waals surface area (Å²) in [6.45, 7) is 2.92. The second kappa shape index (κ2) is 9.33. The van der Waals surface area contributed by atoms with Crippen molar-refractivity contribution >= 4 is 28.3 Å². The van der Waals surface area contributed by atoms with Crippen LogP contribution >= 0.6 is 0 Å². The third-order valence-electron chi connectivity index (χ3n) is 6.59. The quantitative estimate of drug-likeness (QED) is 0.386. The standard InChI is InChI=1S/C27H26FN5O5/c1-14-7-10-20(19(28)11-14)30-24-22-23(15(2)25(35)31(24)3)32(27(37)33(26(22)36)16-8-9-16)17-5-4-6-18(12-17)38-13-21(29)34/h4-7,10-12,16,30H,8-9,13H2,1-3H3,(H2,29,34). The normalized spacial score (nSPS) is 13.1. The van der Waals surface area contributed by atoms with Crippen molar-refractivity contribution in [3.63, 3.8) is 0 Å². The number of nitrogens with zero attached hydrogens (tertiary/aromatic N) is 3. The maximum absolute atomic E-state index is 14.8. The third kappa shape index (κ3) is 4.25. The average molecular weight is 520 g/mol. The van der Waals surface area contributed by atoms with Crippen molar-refractivity contribution in [3.8, 4) is 11.4 Å². The first-order chi connectivity index (χ1) is 18.1. The molecular weight excluding hydrogens is 493 g/mol. The number of anilines is 2. The highest BCUT2D eigenvalue weighted by Crippen LogP contribution is 2.34. The fourth-order valence-corrected chi connectivity index (χ4v) is 4.57. The lowest BCUT2D eigenvalue weighted by Crippen LogP contribution is -2.41. The zero-order chi connectivity index (χ0) is 27.3. The lowest BCUT2D eigenvalue weighted by molar-refractivity contribution is -0.119. The smallest absolute Gasteiger partial charge is 0.336 e. The highest BCUT2D eigenvalue weighted by atomic mass is 19.1. The summed E-state index contributed by atoms with van der Waals surface area (Å²) in [5, 5.41) is 3.00. The van der Waals surface area contributed by atoms with Crippen LogP contribution in [0.5, 0.6) is 5.75 Å². The molecule has 0 saturated heterocycles. The zero-order valence-electron chi connectivity index (χ0n) is 21.1. The maximum Gasteiger partial charge on any atom is 0.336 e. The Morgan fingerprint density at radius 3 is 2.50 bits per heavy atom. The first kappa shape index (κ1) is 25.0. The van der Waals surface area contributed by atoms with Gasteiger partial charge in [-0.1, -0.05) is 12.1 Å². The predicted molar refractivity (Wildman–Crippen MR) is 141 cm³/mol. The molecule has 3 N–H and O–H groups in total. The zero-order valence-corrected chi connectivity index (χ0v) is 21.1. The van der Waals surface area contributed by atoms with Crippen LogP contribution in [0, 0.1) is 19.7 Å². The molecule has 0 unspecified atom stereocenters. The number of hydrogen-bond acceptors (Lipinski definition) is 6. The van der Waals surface area contributed by atoms with Crippen molar-refractivity contribution in [1.29, 1.82) is 0 Å². The second-order valence-corrected chi connectivity index (χ2v) is 9.45. The molecule has 1 fully saturated rings. The van der Waals surface area contributed by atoms with E-state index >= 15 is 0 Å². The largest absolute Gasteiger partial charge is 0.484 e. The van der Waals surface area contributed by atoms with E-state index in [2.05, 4.69) is 5.32 Å². The van der Waals surface area contributed by atoms with E-state index in [1.807, 2.05) is 0 Å². The van der Waals surface area contributed by atoms with Crippen molar-refractivity contribution in [2.45, 2.75) is 32.7 Å². The van der Waals surface area contributed by atoms with Crippen LogP contribution in [0.2, 0.25) is 0 Å². The Hall–Kier alpha value is -4.67. The van der Waals surface area contributed by atoms with E-state index in [1.165, 1.54) is 45.9 Å². The molecule has 2 aromatic heterocycles. The molecule has 2 aromatic carbocycles. The number of amides is 1. The van der Waals surface area contributed by atoms with Crippen LogP contribution in [0.1, 0.15) is 30.0 Å². The molecule has 2 heterocycles. The molecule has 4 aromatic rings. The number of ether oxygens (including phenoxy) is 1. The minimum absolute atomic E-state index is 0.0626. The Bertz CT molecular complexity index is 1800. The summed E-state index contributed by atoms with van der Waals surface area (Å²) in [5.74, 6) is -0.889. The van der Waals surface area contributed by atoms with Crippen LogP contribution in [0.15, 0.2) is 56.8 Å². The monoisotopic (exact) mass is 519 g/mol. The Kier molecular flexibility index (Phi) is 6.14. The van der Waals surface area contributed by atoms with E-state index in [0.29, 0.717) is 24.1 Å². The number of nitrogens with one attached hydrogen (secondary N) is 1. The molecule has 1 aliphatic carbocycles. The van der Waals surface area contributed by atoms with Gasteiger partial charge < -0.3 is 15.8 Å². The van der Waals surface area contributed by atoms with Gasteiger partial charge in [-0.25, -0.2) is 9.18 Å². The SMILES string of the molecule is Cc1ccc(Nc2c3c(=O)n(C4CC4)c(=O)n(-c4cccc(OCC(N)=O)c4)c3c(C)c(=O)n2C)c(F)c1. The molecule has 1 saturated carbocycles. The van der Waals surface area contributed by atoms with Crippen molar-refractivity contribution < 1.29 is 13.9 Å².